The van der Waals surface area contributed by atoms with E-state index >= 15 is 0 Å². The molecule has 2 aromatic rings. The number of halogens is 1. The van der Waals surface area contributed by atoms with E-state index in [0.717, 1.165) is 11.3 Å². The molecule has 0 fully saturated rings. The Morgan fingerprint density at radius 2 is 1.95 bits per heavy atom. The zero-order chi connectivity index (χ0) is 14.7. The summed E-state index contributed by atoms with van der Waals surface area (Å²) in [6.07, 6.45) is 3.86. The molecule has 0 amide bonds. The van der Waals surface area contributed by atoms with Crippen molar-refractivity contribution in [2.45, 2.75) is 25.9 Å². The van der Waals surface area contributed by atoms with E-state index in [2.05, 4.69) is 18.9 Å². The number of aromatic nitrogens is 2. The minimum Gasteiger partial charge on any atom is -0.366 e. The topological polar surface area (TPSA) is 47.1 Å². The first-order valence-corrected chi connectivity index (χ1v) is 6.75. The summed E-state index contributed by atoms with van der Waals surface area (Å²) in [6, 6.07) is 6.76. The van der Waals surface area contributed by atoms with Gasteiger partial charge in [0.15, 0.2) is 0 Å². The van der Waals surface area contributed by atoms with Gasteiger partial charge in [-0.15, -0.1) is 0 Å². The molecule has 20 heavy (non-hydrogen) atoms. The average Bonchev–Trinajstić information content (AvgIpc) is 2.90. The maximum atomic E-state index is 13.0. The van der Waals surface area contributed by atoms with Crippen molar-refractivity contribution in [1.29, 1.82) is 0 Å². The Labute approximate surface area is 119 Å². The summed E-state index contributed by atoms with van der Waals surface area (Å²) < 4.78 is 14.9. The third kappa shape index (κ3) is 2.99. The molecule has 2 rings (SSSR count). The first kappa shape index (κ1) is 14.5. The molecule has 1 aromatic carbocycles. The maximum Gasteiger partial charge on any atom is 0.123 e. The van der Waals surface area contributed by atoms with Crippen molar-refractivity contribution >= 4 is 5.69 Å². The average molecular weight is 276 g/mol. The van der Waals surface area contributed by atoms with Crippen LogP contribution in [0.25, 0.3) is 0 Å². The molecule has 1 unspecified atom stereocenters. The van der Waals surface area contributed by atoms with Gasteiger partial charge < -0.3 is 10.6 Å². The standard InChI is InChI=1S/C15H21FN4/c1-11(2)20-10-12(9-18-20)15(8-17)19(3)14-6-4-13(16)5-7-14/h4-7,9-11,15H,8,17H2,1-3H3. The van der Waals surface area contributed by atoms with Gasteiger partial charge in [0, 0.05) is 37.1 Å². The zero-order valence-corrected chi connectivity index (χ0v) is 12.1. The van der Waals surface area contributed by atoms with Gasteiger partial charge in [-0.3, -0.25) is 4.68 Å². The van der Waals surface area contributed by atoms with Crippen molar-refractivity contribution in [3.05, 3.63) is 48.0 Å². The van der Waals surface area contributed by atoms with E-state index in [4.69, 9.17) is 5.73 Å². The number of likely N-dealkylation sites (N-methyl/N-ethyl adjacent to an activating group) is 1. The normalized spacial score (nSPS) is 12.7. The third-order valence-electron chi connectivity index (χ3n) is 3.46. The summed E-state index contributed by atoms with van der Waals surface area (Å²) in [6.45, 7) is 4.63. The molecule has 1 atom stereocenters. The highest BCUT2D eigenvalue weighted by atomic mass is 19.1. The Hall–Kier alpha value is -1.88. The second-order valence-corrected chi connectivity index (χ2v) is 5.19. The monoisotopic (exact) mass is 276 g/mol. The van der Waals surface area contributed by atoms with E-state index in [1.165, 1.54) is 12.1 Å². The number of hydrogen-bond donors (Lipinski definition) is 1. The van der Waals surface area contributed by atoms with Crippen LogP contribution in [0.4, 0.5) is 10.1 Å². The number of anilines is 1. The smallest absolute Gasteiger partial charge is 0.123 e. The number of nitrogens with two attached hydrogens (primary N) is 1. The van der Waals surface area contributed by atoms with Crippen molar-refractivity contribution in [1.82, 2.24) is 9.78 Å². The molecule has 0 saturated carbocycles. The lowest BCUT2D eigenvalue weighted by atomic mass is 10.1. The molecule has 0 aliphatic carbocycles. The highest BCUT2D eigenvalue weighted by Crippen LogP contribution is 2.25. The fourth-order valence-electron chi connectivity index (χ4n) is 2.18. The van der Waals surface area contributed by atoms with E-state index in [1.54, 1.807) is 12.1 Å². The van der Waals surface area contributed by atoms with Crippen molar-refractivity contribution in [2.75, 3.05) is 18.5 Å². The highest BCUT2D eigenvalue weighted by molar-refractivity contribution is 5.48. The van der Waals surface area contributed by atoms with Gasteiger partial charge >= 0.3 is 0 Å². The molecule has 0 aliphatic rings. The van der Waals surface area contributed by atoms with E-state index < -0.39 is 0 Å². The predicted molar refractivity (Wildman–Crippen MR) is 79.2 cm³/mol. The molecule has 0 saturated heterocycles. The number of rotatable bonds is 5. The van der Waals surface area contributed by atoms with Gasteiger partial charge in [0.05, 0.1) is 12.2 Å². The minimum atomic E-state index is -0.237. The fourth-order valence-corrected chi connectivity index (χ4v) is 2.18. The van der Waals surface area contributed by atoms with E-state index in [0.29, 0.717) is 12.6 Å². The summed E-state index contributed by atoms with van der Waals surface area (Å²) in [5, 5.41) is 4.35. The number of benzene rings is 1. The summed E-state index contributed by atoms with van der Waals surface area (Å²) >= 11 is 0. The summed E-state index contributed by atoms with van der Waals surface area (Å²) in [7, 11) is 1.96. The van der Waals surface area contributed by atoms with Crippen LogP contribution in [0.15, 0.2) is 36.7 Å². The Kier molecular flexibility index (Phi) is 4.39. The Morgan fingerprint density at radius 1 is 1.30 bits per heavy atom. The lowest BCUT2D eigenvalue weighted by Crippen LogP contribution is -2.30. The largest absolute Gasteiger partial charge is 0.366 e. The second-order valence-electron chi connectivity index (χ2n) is 5.19. The van der Waals surface area contributed by atoms with Crippen LogP contribution < -0.4 is 10.6 Å². The van der Waals surface area contributed by atoms with Crippen LogP contribution in [-0.4, -0.2) is 23.4 Å². The molecule has 0 radical (unpaired) electrons. The number of hydrogen-bond acceptors (Lipinski definition) is 3. The molecule has 1 heterocycles. The Balaban J connectivity index is 2.24. The Bertz CT molecular complexity index is 547. The van der Waals surface area contributed by atoms with Gasteiger partial charge in [-0.25, -0.2) is 4.39 Å². The minimum absolute atomic E-state index is 0.0213. The number of nitrogens with zero attached hydrogens (tertiary/aromatic N) is 3. The van der Waals surface area contributed by atoms with E-state index in [1.807, 2.05) is 29.0 Å². The predicted octanol–water partition coefficient (Wildman–Crippen LogP) is 2.74. The summed E-state index contributed by atoms with van der Waals surface area (Å²) in [4.78, 5) is 2.04. The molecule has 2 N–H and O–H groups in total. The molecule has 4 nitrogen and oxygen atoms in total. The third-order valence-corrected chi connectivity index (χ3v) is 3.46. The molecular weight excluding hydrogens is 255 g/mol. The maximum absolute atomic E-state index is 13.0. The van der Waals surface area contributed by atoms with Gasteiger partial charge in [-0.2, -0.15) is 5.10 Å². The lowest BCUT2D eigenvalue weighted by Gasteiger charge is -2.28. The first-order valence-electron chi connectivity index (χ1n) is 6.75. The summed E-state index contributed by atoms with van der Waals surface area (Å²) in [5.74, 6) is -0.237. The van der Waals surface area contributed by atoms with Crippen LogP contribution in [0.5, 0.6) is 0 Å². The molecule has 5 heteroatoms. The van der Waals surface area contributed by atoms with Crippen LogP contribution in [0, 0.1) is 5.82 Å². The molecule has 0 spiro atoms. The van der Waals surface area contributed by atoms with Crippen LogP contribution >= 0.6 is 0 Å². The van der Waals surface area contributed by atoms with Crippen LogP contribution in [0.3, 0.4) is 0 Å². The molecule has 1 aromatic heterocycles. The SMILES string of the molecule is CC(C)n1cc(C(CN)N(C)c2ccc(F)cc2)cn1. The Morgan fingerprint density at radius 3 is 2.45 bits per heavy atom. The van der Waals surface area contributed by atoms with Gasteiger partial charge in [-0.05, 0) is 38.1 Å². The van der Waals surface area contributed by atoms with Gasteiger partial charge in [0.2, 0.25) is 0 Å². The van der Waals surface area contributed by atoms with Gasteiger partial charge in [-0.1, -0.05) is 0 Å². The molecule has 108 valence electrons. The van der Waals surface area contributed by atoms with Crippen LogP contribution in [0.1, 0.15) is 31.5 Å². The molecule has 0 aliphatic heterocycles. The first-order chi connectivity index (χ1) is 9.52. The zero-order valence-electron chi connectivity index (χ0n) is 12.1. The van der Waals surface area contributed by atoms with E-state index in [9.17, 15) is 4.39 Å². The van der Waals surface area contributed by atoms with Crippen LogP contribution in [-0.2, 0) is 0 Å². The van der Waals surface area contributed by atoms with Gasteiger partial charge in [0.25, 0.3) is 0 Å². The van der Waals surface area contributed by atoms with E-state index in [-0.39, 0.29) is 11.9 Å². The quantitative estimate of drug-likeness (QED) is 0.913. The lowest BCUT2D eigenvalue weighted by molar-refractivity contribution is 0.531. The van der Waals surface area contributed by atoms with Crippen molar-refractivity contribution in [3.8, 4) is 0 Å². The van der Waals surface area contributed by atoms with Crippen molar-refractivity contribution < 1.29 is 4.39 Å². The second kappa shape index (κ2) is 6.05. The van der Waals surface area contributed by atoms with Gasteiger partial charge in [0.1, 0.15) is 5.82 Å². The van der Waals surface area contributed by atoms with Crippen molar-refractivity contribution in [3.63, 3.8) is 0 Å². The summed E-state index contributed by atoms with van der Waals surface area (Å²) in [5.41, 5.74) is 7.90. The molecule has 0 bridgehead atoms. The molecular formula is C15H21FN4. The van der Waals surface area contributed by atoms with Crippen molar-refractivity contribution in [2.24, 2.45) is 5.73 Å². The highest BCUT2D eigenvalue weighted by Gasteiger charge is 2.18. The fraction of sp³-hybridized carbons (Fsp3) is 0.400. The van der Waals surface area contributed by atoms with Crippen LogP contribution in [0.2, 0.25) is 0 Å².